The normalized spacial score (nSPS) is 11.4. The Labute approximate surface area is 178 Å². The molecule has 1 N–H and O–H groups in total. The highest BCUT2D eigenvalue weighted by molar-refractivity contribution is 5.91. The Kier molecular flexibility index (Phi) is 9.39. The fourth-order valence-electron chi connectivity index (χ4n) is 2.81. The number of carbonyl (C=O) groups excluding carboxylic acids is 2. The summed E-state index contributed by atoms with van der Waals surface area (Å²) in [6.07, 6.45) is 1.05. The van der Waals surface area contributed by atoms with Crippen LogP contribution in [0, 0.1) is 17.2 Å². The van der Waals surface area contributed by atoms with Gasteiger partial charge in [-0.15, -0.1) is 0 Å². The summed E-state index contributed by atoms with van der Waals surface area (Å²) >= 11 is 0. The first-order valence-electron chi connectivity index (χ1n) is 10.2. The number of nitrogens with one attached hydrogen (secondary N) is 1. The average molecular weight is 408 g/mol. The lowest BCUT2D eigenvalue weighted by molar-refractivity contribution is 0.102. The van der Waals surface area contributed by atoms with Crippen LogP contribution >= 0.6 is 0 Å². The summed E-state index contributed by atoms with van der Waals surface area (Å²) in [5.41, 5.74) is 1.93. The number of ether oxygens (including phenoxy) is 1. The first-order valence-corrected chi connectivity index (χ1v) is 10.2. The molecule has 6 nitrogen and oxygen atoms in total. The number of amides is 3. The first-order chi connectivity index (χ1) is 14.5. The summed E-state index contributed by atoms with van der Waals surface area (Å²) < 4.78 is 5.33. The minimum absolute atomic E-state index is 0.0841. The molecule has 0 aromatic heterocycles. The van der Waals surface area contributed by atoms with Gasteiger partial charge in [0.25, 0.3) is 0 Å². The van der Waals surface area contributed by atoms with E-state index in [9.17, 15) is 14.9 Å². The van der Waals surface area contributed by atoms with Gasteiger partial charge >= 0.3 is 12.1 Å². The fraction of sp³-hybridized carbons (Fsp3) is 0.375. The maximum absolute atomic E-state index is 12.8. The second-order valence-electron chi connectivity index (χ2n) is 7.53. The summed E-state index contributed by atoms with van der Waals surface area (Å²) in [4.78, 5) is 26.4. The van der Waals surface area contributed by atoms with Crippen molar-refractivity contribution in [3.63, 3.8) is 0 Å². The van der Waals surface area contributed by atoms with E-state index >= 15 is 0 Å². The van der Waals surface area contributed by atoms with Crippen LogP contribution < -0.4 is 5.32 Å². The van der Waals surface area contributed by atoms with Gasteiger partial charge in [0.2, 0.25) is 0 Å². The molecule has 1 atom stereocenters. The van der Waals surface area contributed by atoms with Crippen molar-refractivity contribution in [1.82, 2.24) is 10.2 Å². The van der Waals surface area contributed by atoms with Crippen molar-refractivity contribution in [3.05, 3.63) is 71.8 Å². The molecule has 0 fully saturated rings. The number of nitrogens with zero attached hydrogens (tertiary/aromatic N) is 2. The first kappa shape index (κ1) is 23.0. The van der Waals surface area contributed by atoms with Crippen LogP contribution in [0.2, 0.25) is 0 Å². The van der Waals surface area contributed by atoms with Gasteiger partial charge in [0.15, 0.2) is 0 Å². The number of imide groups is 1. The van der Waals surface area contributed by atoms with Gasteiger partial charge < -0.3 is 10.1 Å². The third-order valence-electron chi connectivity index (χ3n) is 4.62. The Bertz CT molecular complexity index is 832. The summed E-state index contributed by atoms with van der Waals surface area (Å²) in [5.74, 6) is 0.312. The van der Waals surface area contributed by atoms with Crippen molar-refractivity contribution in [2.75, 3.05) is 6.54 Å². The van der Waals surface area contributed by atoms with Crippen LogP contribution in [0.15, 0.2) is 60.7 Å². The summed E-state index contributed by atoms with van der Waals surface area (Å²) in [6.45, 7) is 4.35. The lowest BCUT2D eigenvalue weighted by Gasteiger charge is -2.23. The molecule has 0 spiro atoms. The summed E-state index contributed by atoms with van der Waals surface area (Å²) in [5, 5.41) is 12.1. The van der Waals surface area contributed by atoms with Gasteiger partial charge in [0.1, 0.15) is 12.6 Å². The second-order valence-corrected chi connectivity index (χ2v) is 7.53. The minimum atomic E-state index is -0.711. The number of urea groups is 1. The predicted octanol–water partition coefficient (Wildman–Crippen LogP) is 4.91. The largest absolute Gasteiger partial charge is 0.444 e. The zero-order chi connectivity index (χ0) is 21.8. The van der Waals surface area contributed by atoms with E-state index < -0.39 is 18.2 Å². The smallest absolute Gasteiger partial charge is 0.418 e. The highest BCUT2D eigenvalue weighted by Gasteiger charge is 2.25. The fourth-order valence-corrected chi connectivity index (χ4v) is 2.81. The Hall–Kier alpha value is -3.33. The van der Waals surface area contributed by atoms with Crippen LogP contribution in [-0.4, -0.2) is 29.6 Å². The van der Waals surface area contributed by atoms with Crippen molar-refractivity contribution < 1.29 is 14.3 Å². The molecule has 6 heteroatoms. The van der Waals surface area contributed by atoms with E-state index in [-0.39, 0.29) is 13.2 Å². The van der Waals surface area contributed by atoms with Gasteiger partial charge in [-0.25, -0.2) is 14.5 Å². The van der Waals surface area contributed by atoms with E-state index in [2.05, 4.69) is 11.4 Å². The molecule has 0 heterocycles. The standard InChI is InChI=1S/C24H29N3O3/c1-19(2)15-16-27(24(29)30-18-21-11-7-4-8-12-21)23(28)26-22(17-25)14-13-20-9-5-3-6-10-20/h3-12,19,22H,13-16,18H2,1-2H3,(H,26,28)/t22-/m0/s1. The molecule has 158 valence electrons. The molecule has 0 aliphatic rings. The van der Waals surface area contributed by atoms with Crippen LogP contribution in [0.25, 0.3) is 0 Å². The molecule has 0 saturated carbocycles. The Balaban J connectivity index is 1.96. The molecule has 0 radical (unpaired) electrons. The summed E-state index contributed by atoms with van der Waals surface area (Å²) in [6, 6.07) is 19.9. The van der Waals surface area contributed by atoms with Gasteiger partial charge in [0, 0.05) is 6.54 Å². The number of aryl methyl sites for hydroxylation is 1. The molecule has 0 saturated heterocycles. The zero-order valence-electron chi connectivity index (χ0n) is 17.6. The number of benzene rings is 2. The van der Waals surface area contributed by atoms with Crippen LogP contribution in [0.1, 0.15) is 37.8 Å². The average Bonchev–Trinajstić information content (AvgIpc) is 2.76. The molecule has 2 aromatic rings. The highest BCUT2D eigenvalue weighted by Crippen LogP contribution is 2.09. The van der Waals surface area contributed by atoms with Crippen molar-refractivity contribution in [2.45, 2.75) is 45.8 Å². The molecule has 0 unspecified atom stereocenters. The van der Waals surface area contributed by atoms with E-state index in [0.29, 0.717) is 25.2 Å². The topological polar surface area (TPSA) is 82.4 Å². The van der Waals surface area contributed by atoms with Crippen molar-refractivity contribution in [2.24, 2.45) is 5.92 Å². The number of rotatable bonds is 9. The van der Waals surface area contributed by atoms with E-state index in [1.807, 2.05) is 74.5 Å². The van der Waals surface area contributed by atoms with Gasteiger partial charge in [-0.2, -0.15) is 5.26 Å². The second kappa shape index (κ2) is 12.3. The maximum Gasteiger partial charge on any atom is 0.418 e. The Morgan fingerprint density at radius 2 is 1.60 bits per heavy atom. The monoisotopic (exact) mass is 407 g/mol. The van der Waals surface area contributed by atoms with Crippen molar-refractivity contribution in [1.29, 1.82) is 5.26 Å². The van der Waals surface area contributed by atoms with Gasteiger partial charge in [-0.3, -0.25) is 0 Å². The predicted molar refractivity (Wildman–Crippen MR) is 115 cm³/mol. The molecular weight excluding hydrogens is 378 g/mol. The zero-order valence-corrected chi connectivity index (χ0v) is 17.6. The molecule has 0 aliphatic heterocycles. The number of hydrogen-bond donors (Lipinski definition) is 1. The highest BCUT2D eigenvalue weighted by atomic mass is 16.6. The molecule has 2 aromatic carbocycles. The Morgan fingerprint density at radius 3 is 2.17 bits per heavy atom. The molecule has 0 aliphatic carbocycles. The van der Waals surface area contributed by atoms with E-state index in [0.717, 1.165) is 16.0 Å². The maximum atomic E-state index is 12.8. The lowest BCUT2D eigenvalue weighted by atomic mass is 10.1. The Morgan fingerprint density at radius 1 is 1.00 bits per heavy atom. The minimum Gasteiger partial charge on any atom is -0.444 e. The number of nitriles is 1. The number of carbonyl (C=O) groups is 2. The molecule has 3 amide bonds. The molecule has 0 bridgehead atoms. The molecule has 2 rings (SSSR count). The van der Waals surface area contributed by atoms with Crippen molar-refractivity contribution in [3.8, 4) is 6.07 Å². The van der Waals surface area contributed by atoms with Crippen LogP contribution in [-0.2, 0) is 17.8 Å². The van der Waals surface area contributed by atoms with E-state index in [1.54, 1.807) is 0 Å². The number of hydrogen-bond acceptors (Lipinski definition) is 4. The summed E-state index contributed by atoms with van der Waals surface area (Å²) in [7, 11) is 0. The van der Waals surface area contributed by atoms with Crippen LogP contribution in [0.5, 0.6) is 0 Å². The quantitative estimate of drug-likeness (QED) is 0.640. The molecular formula is C24H29N3O3. The third kappa shape index (κ3) is 7.96. The van der Waals surface area contributed by atoms with Gasteiger partial charge in [-0.05, 0) is 36.3 Å². The van der Waals surface area contributed by atoms with Crippen LogP contribution in [0.4, 0.5) is 9.59 Å². The van der Waals surface area contributed by atoms with Crippen LogP contribution in [0.3, 0.4) is 0 Å². The van der Waals surface area contributed by atoms with E-state index in [4.69, 9.17) is 4.74 Å². The SMILES string of the molecule is CC(C)CCN(C(=O)N[C@H](C#N)CCc1ccccc1)C(=O)OCc1ccccc1. The molecule has 30 heavy (non-hydrogen) atoms. The van der Waals surface area contributed by atoms with Crippen molar-refractivity contribution >= 4 is 12.1 Å². The van der Waals surface area contributed by atoms with Gasteiger partial charge in [0.05, 0.1) is 6.07 Å². The van der Waals surface area contributed by atoms with E-state index in [1.165, 1.54) is 0 Å². The lowest BCUT2D eigenvalue weighted by Crippen LogP contribution is -2.48. The third-order valence-corrected chi connectivity index (χ3v) is 4.62. The van der Waals surface area contributed by atoms with Gasteiger partial charge in [-0.1, -0.05) is 74.5 Å².